The molecular weight excluding hydrogens is 510 g/mol. The van der Waals surface area contributed by atoms with Crippen LogP contribution in [0.2, 0.25) is 0 Å². The minimum Gasteiger partial charge on any atom is -0.425 e. The second-order valence-electron chi connectivity index (χ2n) is 8.16. The van der Waals surface area contributed by atoms with Gasteiger partial charge in [-0.05, 0) is 54.4 Å². The van der Waals surface area contributed by atoms with Crippen LogP contribution < -0.4 is 9.29 Å². The van der Waals surface area contributed by atoms with E-state index < -0.39 is 20.0 Å². The number of hydrogen-bond donors (Lipinski definition) is 1. The van der Waals surface area contributed by atoms with Gasteiger partial charge in [-0.15, -0.1) is 0 Å². The van der Waals surface area contributed by atoms with Gasteiger partial charge in [0.05, 0.1) is 21.7 Å². The number of hydrogen-bond acceptors (Lipinski definition) is 6. The molecule has 0 amide bonds. The summed E-state index contributed by atoms with van der Waals surface area (Å²) >= 11 is 0. The monoisotopic (exact) mass is 531 g/mol. The Labute approximate surface area is 214 Å². The molecule has 186 valence electrons. The average Bonchev–Trinajstić information content (AvgIpc) is 2.89. The molecule has 0 radical (unpaired) electrons. The van der Waals surface area contributed by atoms with Gasteiger partial charge in [0.2, 0.25) is 10.0 Å². The maximum atomic E-state index is 13.0. The normalized spacial score (nSPS) is 11.8. The number of aryl methyl sites for hydroxylation is 1. The van der Waals surface area contributed by atoms with Crippen LogP contribution in [0.3, 0.4) is 0 Å². The third-order valence-electron chi connectivity index (χ3n) is 5.41. The number of benzene rings is 3. The van der Waals surface area contributed by atoms with Crippen LogP contribution >= 0.6 is 0 Å². The van der Waals surface area contributed by atoms with E-state index >= 15 is 0 Å². The molecule has 0 fully saturated rings. The summed E-state index contributed by atoms with van der Waals surface area (Å²) in [5.41, 5.74) is 2.17. The Bertz CT molecular complexity index is 1810. The molecule has 0 aliphatic carbocycles. The van der Waals surface area contributed by atoms with Crippen LogP contribution in [0.4, 0.5) is 11.5 Å². The molecule has 0 unspecified atom stereocenters. The average molecular weight is 532 g/mol. The Balaban J connectivity index is 1.57. The van der Waals surface area contributed by atoms with Gasteiger partial charge >= 0.3 is 5.82 Å². The van der Waals surface area contributed by atoms with Crippen molar-refractivity contribution < 1.29 is 21.4 Å². The number of rotatable bonds is 7. The highest BCUT2D eigenvalue weighted by Gasteiger charge is 2.20. The Morgan fingerprint density at radius 3 is 2.08 bits per heavy atom. The zero-order chi connectivity index (χ0) is 26.0. The highest BCUT2D eigenvalue weighted by atomic mass is 32.2. The van der Waals surface area contributed by atoms with Gasteiger partial charge in [0.15, 0.2) is 5.52 Å². The molecule has 0 aliphatic heterocycles. The van der Waals surface area contributed by atoms with E-state index in [-0.39, 0.29) is 27.1 Å². The van der Waals surface area contributed by atoms with E-state index in [1.54, 1.807) is 72.9 Å². The number of pyridine rings is 1. The summed E-state index contributed by atoms with van der Waals surface area (Å²) in [6.07, 6.45) is 3.09. The summed E-state index contributed by atoms with van der Waals surface area (Å²) in [6.45, 7) is 1.87. The minimum absolute atomic E-state index is 0.0144. The van der Waals surface area contributed by atoms with Gasteiger partial charge in [0.1, 0.15) is 6.20 Å². The third-order valence-corrected chi connectivity index (χ3v) is 8.09. The van der Waals surface area contributed by atoms with Crippen LogP contribution in [0.1, 0.15) is 5.56 Å². The minimum atomic E-state index is -4.09. The Kier molecular flexibility index (Phi) is 6.32. The van der Waals surface area contributed by atoms with Gasteiger partial charge in [-0.1, -0.05) is 54.1 Å². The highest BCUT2D eigenvalue weighted by molar-refractivity contribution is 7.94. The van der Waals surface area contributed by atoms with E-state index in [4.69, 9.17) is 0 Å². The second-order valence-corrected chi connectivity index (χ2v) is 11.4. The second kappa shape index (κ2) is 9.60. The van der Waals surface area contributed by atoms with Crippen molar-refractivity contribution in [2.45, 2.75) is 16.7 Å². The highest BCUT2D eigenvalue weighted by Crippen LogP contribution is 2.30. The fraction of sp³-hybridized carbons (Fsp3) is 0.0385. The summed E-state index contributed by atoms with van der Waals surface area (Å²) in [5, 5.41) is 0. The Morgan fingerprint density at radius 1 is 0.730 bits per heavy atom. The first-order valence-corrected chi connectivity index (χ1v) is 14.0. The Morgan fingerprint density at radius 2 is 1.38 bits per heavy atom. The van der Waals surface area contributed by atoms with Gasteiger partial charge in [0.25, 0.3) is 10.0 Å². The lowest BCUT2D eigenvalue weighted by Crippen LogP contribution is -2.32. The van der Waals surface area contributed by atoms with E-state index in [1.807, 2.05) is 6.92 Å². The van der Waals surface area contributed by atoms with Crippen LogP contribution in [-0.4, -0.2) is 26.8 Å². The fourth-order valence-electron chi connectivity index (χ4n) is 3.57. The maximum absolute atomic E-state index is 13.0. The molecule has 2 heterocycles. The van der Waals surface area contributed by atoms with E-state index in [1.165, 1.54) is 35.0 Å². The van der Waals surface area contributed by atoms with Crippen LogP contribution in [0.5, 0.6) is 0 Å². The molecule has 0 saturated heterocycles. The van der Waals surface area contributed by atoms with Crippen LogP contribution in [0.15, 0.2) is 113 Å². The molecule has 11 heteroatoms. The maximum Gasteiger partial charge on any atom is 0.328 e. The van der Waals surface area contributed by atoms with E-state index in [9.17, 15) is 16.8 Å². The molecule has 0 spiro atoms. The van der Waals surface area contributed by atoms with E-state index in [0.29, 0.717) is 11.0 Å². The summed E-state index contributed by atoms with van der Waals surface area (Å²) in [4.78, 5) is 9.18. The van der Waals surface area contributed by atoms with Crippen LogP contribution in [0, 0.1) is 6.92 Å². The molecule has 1 N–H and O–H groups in total. The smallest absolute Gasteiger partial charge is 0.328 e. The summed E-state index contributed by atoms with van der Waals surface area (Å²) < 4.78 is 59.9. The van der Waals surface area contributed by atoms with Crippen molar-refractivity contribution in [2.24, 2.45) is 0 Å². The predicted octanol–water partition coefficient (Wildman–Crippen LogP) is 4.41. The lowest BCUT2D eigenvalue weighted by atomic mass is 10.2. The van der Waals surface area contributed by atoms with Crippen LogP contribution in [-0.2, 0) is 20.0 Å². The first kappa shape index (κ1) is 24.3. The van der Waals surface area contributed by atoms with Gasteiger partial charge in [-0.2, -0.15) is 0 Å². The fourth-order valence-corrected chi connectivity index (χ4v) is 5.57. The molecule has 5 aromatic rings. The quantitative estimate of drug-likeness (QED) is 0.310. The van der Waals surface area contributed by atoms with Crippen molar-refractivity contribution >= 4 is 42.6 Å². The molecule has 0 aliphatic rings. The molecule has 0 atom stereocenters. The van der Waals surface area contributed by atoms with Crippen LogP contribution in [0.25, 0.3) is 21.6 Å². The first-order chi connectivity index (χ1) is 17.7. The molecular formula is C26H21N5O4S2. The largest absolute Gasteiger partial charge is 0.425 e. The molecule has 2 aromatic heterocycles. The van der Waals surface area contributed by atoms with Gasteiger partial charge in [0, 0.05) is 11.3 Å². The lowest BCUT2D eigenvalue weighted by molar-refractivity contribution is -0.597. The number of nitrogens with zero attached hydrogens (tertiary/aromatic N) is 4. The number of nitrogens with one attached hydrogen (secondary N) is 1. The number of para-hydroxylation sites is 2. The zero-order valence-electron chi connectivity index (χ0n) is 19.6. The van der Waals surface area contributed by atoms with E-state index in [0.717, 1.165) is 5.56 Å². The number of fused-ring (bicyclic) bond motifs is 1. The topological polar surface area (TPSA) is 124 Å². The van der Waals surface area contributed by atoms with E-state index in [2.05, 4.69) is 19.4 Å². The van der Waals surface area contributed by atoms with Gasteiger partial charge in [-0.3, -0.25) is 4.72 Å². The van der Waals surface area contributed by atoms with Crippen molar-refractivity contribution in [3.05, 3.63) is 114 Å². The van der Waals surface area contributed by atoms with Crippen molar-refractivity contribution in [1.29, 1.82) is 0 Å². The molecule has 5 rings (SSSR count). The van der Waals surface area contributed by atoms with Gasteiger partial charge in [-0.25, -0.2) is 21.4 Å². The summed E-state index contributed by atoms with van der Waals surface area (Å²) in [5.74, 6) is -0.0133. The molecule has 3 aromatic carbocycles. The first-order valence-electron chi connectivity index (χ1n) is 11.1. The number of aromatic nitrogens is 3. The summed E-state index contributed by atoms with van der Waals surface area (Å²) in [6, 6.07) is 24.5. The molecule has 9 nitrogen and oxygen atoms in total. The Hall–Kier alpha value is -4.35. The van der Waals surface area contributed by atoms with Gasteiger partial charge < -0.3 is 9.71 Å². The van der Waals surface area contributed by atoms with Crippen molar-refractivity contribution in [3.63, 3.8) is 0 Å². The molecule has 0 bridgehead atoms. The summed E-state index contributed by atoms with van der Waals surface area (Å²) in [7, 11) is -7.95. The number of sulfonamides is 2. The lowest BCUT2D eigenvalue weighted by Gasteiger charge is -2.16. The SMILES string of the molecule is Cc1ccc(S(=O)(=O)Nc2ccc[n+](-c3nc4ccccc4nc3[N-]S(=O)(=O)c3ccccc3)c2)cc1. The third kappa shape index (κ3) is 5.27. The predicted molar refractivity (Wildman–Crippen MR) is 140 cm³/mol. The standard InChI is InChI=1S/C26H21N5O4S2/c1-19-13-15-22(16-14-19)36(32,33)29-20-8-7-17-31(18-20)26-25(27-23-11-5-6-12-24(23)28-26)30-37(34,35)21-9-3-2-4-10-21/h2-18,29H,1H3. The van der Waals surface area contributed by atoms with Crippen molar-refractivity contribution in [1.82, 2.24) is 9.97 Å². The molecule has 37 heavy (non-hydrogen) atoms. The number of anilines is 1. The zero-order valence-corrected chi connectivity index (χ0v) is 21.2. The molecule has 0 saturated carbocycles. The van der Waals surface area contributed by atoms with Crippen molar-refractivity contribution in [2.75, 3.05) is 4.72 Å². The van der Waals surface area contributed by atoms with Crippen molar-refractivity contribution in [3.8, 4) is 5.82 Å².